The van der Waals surface area contributed by atoms with Crippen molar-refractivity contribution in [1.29, 1.82) is 0 Å². The molecule has 1 N–H and O–H groups in total. The van der Waals surface area contributed by atoms with Crippen LogP contribution >= 0.6 is 0 Å². The fraction of sp³-hybridized carbons (Fsp3) is 0.929. The van der Waals surface area contributed by atoms with Gasteiger partial charge in [-0.2, -0.15) is 0 Å². The quantitative estimate of drug-likeness (QED) is 0.816. The lowest BCUT2D eigenvalue weighted by Crippen LogP contribution is -2.45. The monoisotopic (exact) mass is 256 g/mol. The minimum absolute atomic E-state index is 0.278. The Balaban J connectivity index is 2.70. The van der Waals surface area contributed by atoms with Gasteiger partial charge in [0.2, 0.25) is 0 Å². The van der Waals surface area contributed by atoms with Crippen LogP contribution in [-0.2, 0) is 4.79 Å². The van der Waals surface area contributed by atoms with Gasteiger partial charge in [-0.1, -0.05) is 13.8 Å². The van der Waals surface area contributed by atoms with Gasteiger partial charge in [0.05, 0.1) is 0 Å². The Morgan fingerprint density at radius 3 is 2.67 bits per heavy atom. The molecule has 1 fully saturated rings. The van der Waals surface area contributed by atoms with E-state index in [2.05, 4.69) is 37.6 Å². The average Bonchev–Trinajstić information content (AvgIpc) is 2.39. The molecule has 0 saturated carbocycles. The van der Waals surface area contributed by atoms with Crippen LogP contribution in [0.2, 0.25) is 0 Å². The molecule has 18 heavy (non-hydrogen) atoms. The van der Waals surface area contributed by atoms with E-state index in [-0.39, 0.29) is 6.42 Å². The first kappa shape index (κ1) is 15.4. The van der Waals surface area contributed by atoms with Gasteiger partial charge in [0.15, 0.2) is 0 Å². The molecule has 1 aliphatic heterocycles. The van der Waals surface area contributed by atoms with E-state index in [1.807, 2.05) is 0 Å². The van der Waals surface area contributed by atoms with Crippen LogP contribution in [-0.4, -0.2) is 59.6 Å². The summed E-state index contributed by atoms with van der Waals surface area (Å²) in [5.74, 6) is -0.0535. The second-order valence-electron chi connectivity index (χ2n) is 6.08. The van der Waals surface area contributed by atoms with Crippen LogP contribution in [0.3, 0.4) is 0 Å². The molecule has 0 bridgehead atoms. The molecule has 1 heterocycles. The Bertz CT molecular complexity index is 269. The summed E-state index contributed by atoms with van der Waals surface area (Å²) in [6, 6.07) is 0.933. The van der Waals surface area contributed by atoms with Crippen molar-refractivity contribution >= 4 is 5.97 Å². The highest BCUT2D eigenvalue weighted by Crippen LogP contribution is 2.20. The highest BCUT2D eigenvalue weighted by molar-refractivity contribution is 5.66. The number of hydrogen-bond donors (Lipinski definition) is 1. The zero-order valence-electron chi connectivity index (χ0n) is 12.2. The lowest BCUT2D eigenvalue weighted by molar-refractivity contribution is -0.137. The third-order valence-electron chi connectivity index (χ3n) is 3.75. The molecule has 0 radical (unpaired) electrons. The van der Waals surface area contributed by atoms with Crippen LogP contribution in [0.15, 0.2) is 0 Å². The summed E-state index contributed by atoms with van der Waals surface area (Å²) in [5.41, 5.74) is 0. The van der Waals surface area contributed by atoms with Crippen molar-refractivity contribution in [2.24, 2.45) is 5.92 Å². The van der Waals surface area contributed by atoms with E-state index in [4.69, 9.17) is 5.11 Å². The molecule has 106 valence electrons. The molecule has 4 nitrogen and oxygen atoms in total. The van der Waals surface area contributed by atoms with Gasteiger partial charge in [-0.25, -0.2) is 0 Å². The number of rotatable bonds is 5. The van der Waals surface area contributed by atoms with Crippen molar-refractivity contribution in [2.75, 3.05) is 26.7 Å². The smallest absolute Gasteiger partial charge is 0.303 e. The minimum atomic E-state index is -0.681. The van der Waals surface area contributed by atoms with Crippen molar-refractivity contribution in [1.82, 2.24) is 9.80 Å². The van der Waals surface area contributed by atoms with Crippen molar-refractivity contribution in [3.8, 4) is 0 Å². The van der Waals surface area contributed by atoms with Gasteiger partial charge in [0.25, 0.3) is 0 Å². The van der Waals surface area contributed by atoms with Gasteiger partial charge in [-0.05, 0) is 39.3 Å². The Hall–Kier alpha value is -0.610. The van der Waals surface area contributed by atoms with Crippen molar-refractivity contribution < 1.29 is 9.90 Å². The summed E-state index contributed by atoms with van der Waals surface area (Å²) in [6.45, 7) is 9.91. The molecule has 0 aliphatic carbocycles. The Morgan fingerprint density at radius 2 is 2.11 bits per heavy atom. The zero-order chi connectivity index (χ0) is 13.7. The molecule has 0 aromatic rings. The molecule has 0 aromatic carbocycles. The number of carboxylic acids is 1. The summed E-state index contributed by atoms with van der Waals surface area (Å²) in [5, 5.41) is 8.88. The van der Waals surface area contributed by atoms with Crippen LogP contribution in [0.25, 0.3) is 0 Å². The van der Waals surface area contributed by atoms with Crippen LogP contribution in [0.5, 0.6) is 0 Å². The molecule has 0 aromatic heterocycles. The fourth-order valence-corrected chi connectivity index (χ4v) is 2.79. The molecule has 1 aliphatic rings. The third kappa shape index (κ3) is 4.94. The van der Waals surface area contributed by atoms with Gasteiger partial charge in [0.1, 0.15) is 0 Å². The van der Waals surface area contributed by atoms with E-state index < -0.39 is 5.97 Å². The second-order valence-corrected chi connectivity index (χ2v) is 6.08. The molecule has 0 spiro atoms. The van der Waals surface area contributed by atoms with Crippen LogP contribution in [0, 0.1) is 5.92 Å². The largest absolute Gasteiger partial charge is 0.481 e. The predicted octanol–water partition coefficient (Wildman–Crippen LogP) is 1.90. The van der Waals surface area contributed by atoms with E-state index in [1.54, 1.807) is 0 Å². The van der Waals surface area contributed by atoms with Crippen LogP contribution < -0.4 is 0 Å². The van der Waals surface area contributed by atoms with Gasteiger partial charge in [-0.3, -0.25) is 9.69 Å². The van der Waals surface area contributed by atoms with Gasteiger partial charge in [0, 0.05) is 31.6 Å². The summed E-state index contributed by atoms with van der Waals surface area (Å²) in [7, 11) is 2.14. The molecule has 0 amide bonds. The first-order chi connectivity index (χ1) is 8.40. The Morgan fingerprint density at radius 1 is 1.44 bits per heavy atom. The molecule has 4 heteroatoms. The molecule has 2 atom stereocenters. The standard InChI is InChI=1S/C14H28N2O2/c1-11(2)9-16-12(3)7-8-15(4)10-13(16)5-6-14(17)18/h11-13H,5-10H2,1-4H3,(H,17,18). The SMILES string of the molecule is CC(C)CN1C(C)CCN(C)CC1CCC(=O)O. The zero-order valence-corrected chi connectivity index (χ0v) is 12.2. The Labute approximate surface area is 111 Å². The second kappa shape index (κ2) is 7.10. The molecule has 1 saturated heterocycles. The van der Waals surface area contributed by atoms with Crippen molar-refractivity contribution in [3.63, 3.8) is 0 Å². The van der Waals surface area contributed by atoms with E-state index >= 15 is 0 Å². The molecule has 2 unspecified atom stereocenters. The van der Waals surface area contributed by atoms with Gasteiger partial charge >= 0.3 is 5.97 Å². The van der Waals surface area contributed by atoms with Crippen LogP contribution in [0.1, 0.15) is 40.0 Å². The maximum Gasteiger partial charge on any atom is 0.303 e. The highest BCUT2D eigenvalue weighted by Gasteiger charge is 2.28. The van der Waals surface area contributed by atoms with Crippen LogP contribution in [0.4, 0.5) is 0 Å². The van der Waals surface area contributed by atoms with Crippen molar-refractivity contribution in [2.45, 2.75) is 52.1 Å². The molecular weight excluding hydrogens is 228 g/mol. The number of carboxylic acid groups (broad SMARTS) is 1. The first-order valence-corrected chi connectivity index (χ1v) is 7.06. The van der Waals surface area contributed by atoms with Gasteiger partial charge < -0.3 is 10.0 Å². The van der Waals surface area contributed by atoms with Gasteiger partial charge in [-0.15, -0.1) is 0 Å². The van der Waals surface area contributed by atoms with E-state index in [0.717, 1.165) is 26.1 Å². The summed E-state index contributed by atoms with van der Waals surface area (Å²) >= 11 is 0. The summed E-state index contributed by atoms with van der Waals surface area (Å²) in [6.07, 6.45) is 2.21. The Kier molecular flexibility index (Phi) is 6.09. The van der Waals surface area contributed by atoms with Crippen molar-refractivity contribution in [3.05, 3.63) is 0 Å². The number of hydrogen-bond acceptors (Lipinski definition) is 3. The maximum atomic E-state index is 10.8. The van der Waals surface area contributed by atoms with E-state index in [1.165, 1.54) is 6.42 Å². The lowest BCUT2D eigenvalue weighted by Gasteiger charge is -2.36. The number of nitrogens with zero attached hydrogens (tertiary/aromatic N) is 2. The normalized spacial score (nSPS) is 27.4. The summed E-state index contributed by atoms with van der Waals surface area (Å²) in [4.78, 5) is 15.6. The van der Waals surface area contributed by atoms with E-state index in [9.17, 15) is 4.79 Å². The number of aliphatic carboxylic acids is 1. The lowest BCUT2D eigenvalue weighted by atomic mass is 10.0. The predicted molar refractivity (Wildman–Crippen MR) is 73.8 cm³/mol. The topological polar surface area (TPSA) is 43.8 Å². The maximum absolute atomic E-state index is 10.8. The third-order valence-corrected chi connectivity index (χ3v) is 3.75. The van der Waals surface area contributed by atoms with E-state index in [0.29, 0.717) is 18.0 Å². The average molecular weight is 256 g/mol. The molecule has 1 rings (SSSR count). The fourth-order valence-electron chi connectivity index (χ4n) is 2.79. The number of carbonyl (C=O) groups is 1. The molecular formula is C14H28N2O2. The highest BCUT2D eigenvalue weighted by atomic mass is 16.4. The minimum Gasteiger partial charge on any atom is -0.481 e. The first-order valence-electron chi connectivity index (χ1n) is 7.06. The number of likely N-dealkylation sites (N-methyl/N-ethyl adjacent to an activating group) is 1. The summed E-state index contributed by atoms with van der Waals surface area (Å²) < 4.78 is 0.